The van der Waals surface area contributed by atoms with Gasteiger partial charge in [0, 0.05) is 6.42 Å². The third kappa shape index (κ3) is 23.3. The lowest BCUT2D eigenvalue weighted by molar-refractivity contribution is -0.359. The number of aliphatic hydroxyl groups is 8. The number of ether oxygens (including phenoxy) is 4. The van der Waals surface area contributed by atoms with Crippen molar-refractivity contribution in [2.24, 2.45) is 0 Å². The molecule has 14 heteroatoms. The van der Waals surface area contributed by atoms with Crippen LogP contribution in [0.15, 0.2) is 12.2 Å². The average Bonchev–Trinajstić information content (AvgIpc) is 3.27. The molecule has 2 fully saturated rings. The molecule has 62 heavy (non-hydrogen) atoms. The number of unbranched alkanes of at least 4 members (excludes halogenated alkanes) is 25. The number of allylic oxidation sites excluding steroid dienone is 1. The Kier molecular flexibility index (Phi) is 32.9. The molecule has 0 bridgehead atoms. The van der Waals surface area contributed by atoms with Crippen LogP contribution >= 0.6 is 0 Å². The Morgan fingerprint density at radius 1 is 0.565 bits per heavy atom. The molecular formula is C48H91NO13. The number of carbonyl (C=O) groups excluding carboxylic acids is 1. The zero-order valence-corrected chi connectivity index (χ0v) is 38.6. The largest absolute Gasteiger partial charge is 0.394 e. The van der Waals surface area contributed by atoms with Gasteiger partial charge in [0.05, 0.1) is 32.0 Å². The maximum absolute atomic E-state index is 12.9. The SMILES string of the molecule is CCCCCCCCCCCCCCCCCCCCCCC/C=C/C(O)C(COC1OC(CO)C(OC2OC(CO)C(O)C(O)C2O)C(O)C1O)NC(=O)CCCCCCC. The molecule has 366 valence electrons. The number of aliphatic hydroxyl groups excluding tert-OH is 8. The van der Waals surface area contributed by atoms with Gasteiger partial charge in [0.25, 0.3) is 0 Å². The fourth-order valence-electron chi connectivity index (χ4n) is 8.35. The fourth-order valence-corrected chi connectivity index (χ4v) is 8.35. The van der Waals surface area contributed by atoms with Gasteiger partial charge in [0.15, 0.2) is 12.6 Å². The average molecular weight is 890 g/mol. The normalized spacial score (nSPS) is 27.8. The fraction of sp³-hybridized carbons (Fsp3) is 0.938. The summed E-state index contributed by atoms with van der Waals surface area (Å²) in [6, 6.07) is -0.905. The highest BCUT2D eigenvalue weighted by atomic mass is 16.7. The van der Waals surface area contributed by atoms with Gasteiger partial charge in [-0.25, -0.2) is 0 Å². The monoisotopic (exact) mass is 890 g/mol. The van der Waals surface area contributed by atoms with Gasteiger partial charge in [-0.2, -0.15) is 0 Å². The summed E-state index contributed by atoms with van der Waals surface area (Å²) in [4.78, 5) is 12.9. The van der Waals surface area contributed by atoms with E-state index >= 15 is 0 Å². The van der Waals surface area contributed by atoms with Crippen LogP contribution in [0, 0.1) is 0 Å². The molecule has 2 heterocycles. The van der Waals surface area contributed by atoms with Crippen LogP contribution in [0.25, 0.3) is 0 Å². The highest BCUT2D eigenvalue weighted by molar-refractivity contribution is 5.76. The number of rotatable bonds is 38. The Balaban J connectivity index is 1.72. The van der Waals surface area contributed by atoms with Crippen molar-refractivity contribution in [2.45, 2.75) is 267 Å². The number of hydrogen-bond donors (Lipinski definition) is 9. The second-order valence-corrected chi connectivity index (χ2v) is 18.0. The summed E-state index contributed by atoms with van der Waals surface area (Å²) >= 11 is 0. The van der Waals surface area contributed by atoms with Gasteiger partial charge in [-0.05, 0) is 19.3 Å². The third-order valence-corrected chi connectivity index (χ3v) is 12.5. The second-order valence-electron chi connectivity index (χ2n) is 18.0. The Bertz CT molecular complexity index is 1100. The number of nitrogens with one attached hydrogen (secondary N) is 1. The predicted molar refractivity (Wildman–Crippen MR) is 240 cm³/mol. The van der Waals surface area contributed by atoms with Crippen molar-refractivity contribution in [3.8, 4) is 0 Å². The molecule has 2 rings (SSSR count). The van der Waals surface area contributed by atoms with Crippen LogP contribution in [-0.4, -0.2) is 140 Å². The molecule has 2 saturated heterocycles. The Hall–Kier alpha value is -1.27. The molecule has 9 N–H and O–H groups in total. The van der Waals surface area contributed by atoms with E-state index in [0.29, 0.717) is 6.42 Å². The molecule has 2 aliphatic rings. The molecule has 0 aromatic rings. The highest BCUT2D eigenvalue weighted by Gasteiger charge is 2.51. The lowest BCUT2D eigenvalue weighted by Crippen LogP contribution is -2.65. The summed E-state index contributed by atoms with van der Waals surface area (Å²) in [5, 5.41) is 86.3. The molecule has 0 radical (unpaired) electrons. The molecule has 12 unspecified atom stereocenters. The van der Waals surface area contributed by atoms with Crippen molar-refractivity contribution in [3.05, 3.63) is 12.2 Å². The lowest BCUT2D eigenvalue weighted by atomic mass is 9.97. The molecule has 2 aliphatic heterocycles. The summed E-state index contributed by atoms with van der Waals surface area (Å²) in [6.07, 6.45) is 20.4. The van der Waals surface area contributed by atoms with E-state index in [2.05, 4.69) is 19.2 Å². The van der Waals surface area contributed by atoms with Crippen molar-refractivity contribution in [2.75, 3.05) is 19.8 Å². The first-order valence-corrected chi connectivity index (χ1v) is 24.9. The van der Waals surface area contributed by atoms with Crippen LogP contribution in [-0.2, 0) is 23.7 Å². The van der Waals surface area contributed by atoms with Crippen molar-refractivity contribution < 1.29 is 64.6 Å². The molecule has 0 saturated carbocycles. The van der Waals surface area contributed by atoms with Gasteiger partial charge in [0.1, 0.15) is 48.8 Å². The Morgan fingerprint density at radius 3 is 1.48 bits per heavy atom. The predicted octanol–water partition coefficient (Wildman–Crippen LogP) is 5.99. The van der Waals surface area contributed by atoms with E-state index in [9.17, 15) is 45.6 Å². The summed E-state index contributed by atoms with van der Waals surface area (Å²) in [5.74, 6) is -0.252. The van der Waals surface area contributed by atoms with Crippen LogP contribution in [0.3, 0.4) is 0 Å². The van der Waals surface area contributed by atoms with Gasteiger partial charge in [0.2, 0.25) is 5.91 Å². The van der Waals surface area contributed by atoms with Crippen molar-refractivity contribution in [3.63, 3.8) is 0 Å². The topological polar surface area (TPSA) is 228 Å². The molecule has 0 aromatic heterocycles. The molecule has 0 aromatic carbocycles. The Morgan fingerprint density at radius 2 is 1.00 bits per heavy atom. The summed E-state index contributed by atoms with van der Waals surface area (Å²) in [7, 11) is 0. The van der Waals surface area contributed by atoms with E-state index in [1.807, 2.05) is 6.08 Å². The maximum atomic E-state index is 12.9. The van der Waals surface area contributed by atoms with Gasteiger partial charge in [-0.3, -0.25) is 4.79 Å². The van der Waals surface area contributed by atoms with E-state index in [-0.39, 0.29) is 18.9 Å². The molecule has 0 spiro atoms. The lowest BCUT2D eigenvalue weighted by Gasteiger charge is -2.46. The molecule has 0 aliphatic carbocycles. The van der Waals surface area contributed by atoms with Crippen LogP contribution in [0.5, 0.6) is 0 Å². The van der Waals surface area contributed by atoms with Crippen LogP contribution in [0.4, 0.5) is 0 Å². The maximum Gasteiger partial charge on any atom is 0.220 e. The first kappa shape index (κ1) is 56.9. The van der Waals surface area contributed by atoms with Gasteiger partial charge < -0.3 is 65.1 Å². The minimum atomic E-state index is -1.78. The third-order valence-electron chi connectivity index (χ3n) is 12.5. The van der Waals surface area contributed by atoms with Crippen LogP contribution in [0.2, 0.25) is 0 Å². The highest BCUT2D eigenvalue weighted by Crippen LogP contribution is 2.30. The van der Waals surface area contributed by atoms with Gasteiger partial charge in [-0.1, -0.05) is 180 Å². The van der Waals surface area contributed by atoms with E-state index in [4.69, 9.17) is 18.9 Å². The summed E-state index contributed by atoms with van der Waals surface area (Å²) in [5.41, 5.74) is 0. The minimum Gasteiger partial charge on any atom is -0.394 e. The van der Waals surface area contributed by atoms with Gasteiger partial charge in [-0.15, -0.1) is 0 Å². The smallest absolute Gasteiger partial charge is 0.220 e. The molecule has 14 nitrogen and oxygen atoms in total. The first-order chi connectivity index (χ1) is 30.1. The van der Waals surface area contributed by atoms with Crippen molar-refractivity contribution in [1.29, 1.82) is 0 Å². The van der Waals surface area contributed by atoms with Crippen LogP contribution < -0.4 is 5.32 Å². The number of amides is 1. The zero-order valence-electron chi connectivity index (χ0n) is 38.6. The number of carbonyl (C=O) groups is 1. The molecule has 1 amide bonds. The summed E-state index contributed by atoms with van der Waals surface area (Å²) in [6.45, 7) is 2.69. The minimum absolute atomic E-state index is 0.252. The standard InChI is InChI=1S/C48H91NO13/c1-3-5-7-9-10-11-12-13-14-15-16-17-18-19-20-21-22-23-24-25-26-28-29-31-37(52)36(49-40(53)32-30-27-8-6-4-2)35-59-47-45(58)43(56)46(39(34-51)61-47)62-48-44(57)42(55)41(54)38(33-50)60-48/h29,31,36-39,41-48,50-52,54-58H,3-28,30,32-35H2,1-2H3,(H,49,53)/b31-29+. The second kappa shape index (κ2) is 35.9. The van der Waals surface area contributed by atoms with E-state index in [0.717, 1.165) is 44.9 Å². The zero-order chi connectivity index (χ0) is 45.4. The van der Waals surface area contributed by atoms with E-state index in [1.165, 1.54) is 122 Å². The quantitative estimate of drug-likeness (QED) is 0.0257. The number of hydrogen-bond acceptors (Lipinski definition) is 13. The molecular weight excluding hydrogens is 799 g/mol. The van der Waals surface area contributed by atoms with Gasteiger partial charge >= 0.3 is 0 Å². The Labute approximate surface area is 374 Å². The first-order valence-electron chi connectivity index (χ1n) is 24.9. The van der Waals surface area contributed by atoms with E-state index < -0.39 is 86.8 Å². The summed E-state index contributed by atoms with van der Waals surface area (Å²) < 4.78 is 22.6. The van der Waals surface area contributed by atoms with Crippen molar-refractivity contribution in [1.82, 2.24) is 5.32 Å². The molecule has 12 atom stereocenters. The van der Waals surface area contributed by atoms with E-state index in [1.54, 1.807) is 6.08 Å². The van der Waals surface area contributed by atoms with Crippen LogP contribution in [0.1, 0.15) is 194 Å². The van der Waals surface area contributed by atoms with Crippen molar-refractivity contribution >= 4 is 5.91 Å².